The molecule has 0 amide bonds. The fraction of sp³-hybridized carbons (Fsp3) is 0.462. The van der Waals surface area contributed by atoms with Crippen LogP contribution in [0.1, 0.15) is 23.2 Å². The first-order valence-corrected chi connectivity index (χ1v) is 5.75. The molecule has 1 aromatic carbocycles. The van der Waals surface area contributed by atoms with Gasteiger partial charge < -0.3 is 9.47 Å². The summed E-state index contributed by atoms with van der Waals surface area (Å²) in [6.07, 6.45) is -6.03. The lowest BCUT2D eigenvalue weighted by Gasteiger charge is -2.11. The van der Waals surface area contributed by atoms with E-state index in [0.29, 0.717) is 6.61 Å². The third-order valence-electron chi connectivity index (χ3n) is 2.37. The summed E-state index contributed by atoms with van der Waals surface area (Å²) in [7, 11) is 1.50. The lowest BCUT2D eigenvalue weighted by Crippen LogP contribution is -2.12. The average Bonchev–Trinajstić information content (AvgIpc) is 2.36. The molecule has 0 atom stereocenters. The number of methoxy groups -OCH3 is 1. The third-order valence-corrected chi connectivity index (χ3v) is 2.37. The highest BCUT2D eigenvalue weighted by Crippen LogP contribution is 2.25. The van der Waals surface area contributed by atoms with E-state index in [1.807, 2.05) is 0 Å². The summed E-state index contributed by atoms with van der Waals surface area (Å²) in [5, 5.41) is 0. The van der Waals surface area contributed by atoms with Crippen LogP contribution in [0.25, 0.3) is 0 Å². The number of ether oxygens (including phenoxy) is 2. The third kappa shape index (κ3) is 5.74. The van der Waals surface area contributed by atoms with Crippen LogP contribution < -0.4 is 4.74 Å². The Morgan fingerprint density at radius 1 is 1.21 bits per heavy atom. The van der Waals surface area contributed by atoms with E-state index in [-0.39, 0.29) is 17.9 Å². The number of halogens is 3. The maximum atomic E-state index is 12.1. The monoisotopic (exact) mass is 276 g/mol. The molecule has 0 aliphatic rings. The number of hydrogen-bond acceptors (Lipinski definition) is 3. The lowest BCUT2D eigenvalue weighted by atomic mass is 10.1. The van der Waals surface area contributed by atoms with Crippen molar-refractivity contribution in [2.45, 2.75) is 19.0 Å². The van der Waals surface area contributed by atoms with Crippen molar-refractivity contribution < 1.29 is 27.4 Å². The Balaban J connectivity index is 2.68. The van der Waals surface area contributed by atoms with Gasteiger partial charge in [0, 0.05) is 13.5 Å². The summed E-state index contributed by atoms with van der Waals surface area (Å²) < 4.78 is 46.3. The first kappa shape index (κ1) is 15.5. The molecule has 0 aliphatic carbocycles. The smallest absolute Gasteiger partial charge is 0.389 e. The minimum absolute atomic E-state index is 0.169. The van der Waals surface area contributed by atoms with E-state index >= 15 is 0 Å². The number of para-hydroxylation sites is 1. The number of carbonyl (C=O) groups is 1. The molecule has 1 aromatic rings. The van der Waals surface area contributed by atoms with E-state index in [2.05, 4.69) is 0 Å². The summed E-state index contributed by atoms with van der Waals surface area (Å²) in [4.78, 5) is 11.7. The maximum Gasteiger partial charge on any atom is 0.389 e. The first-order valence-electron chi connectivity index (χ1n) is 5.75. The highest BCUT2D eigenvalue weighted by Gasteiger charge is 2.28. The van der Waals surface area contributed by atoms with Crippen LogP contribution in [0, 0.1) is 0 Å². The van der Waals surface area contributed by atoms with Crippen molar-refractivity contribution in [2.75, 3.05) is 20.3 Å². The second-order valence-electron chi connectivity index (χ2n) is 3.88. The van der Waals surface area contributed by atoms with Crippen LogP contribution >= 0.6 is 0 Å². The molecule has 0 radical (unpaired) electrons. The van der Waals surface area contributed by atoms with Crippen LogP contribution in [0.3, 0.4) is 0 Å². The Hall–Kier alpha value is -1.56. The van der Waals surface area contributed by atoms with E-state index in [1.54, 1.807) is 18.2 Å². The normalized spacial score (nSPS) is 11.4. The Kier molecular flexibility index (Phi) is 5.82. The van der Waals surface area contributed by atoms with Gasteiger partial charge in [-0.25, -0.2) is 0 Å². The molecule has 0 spiro atoms. The van der Waals surface area contributed by atoms with E-state index in [9.17, 15) is 18.0 Å². The highest BCUT2D eigenvalue weighted by atomic mass is 19.4. The second-order valence-corrected chi connectivity index (χ2v) is 3.88. The number of benzene rings is 1. The van der Waals surface area contributed by atoms with Crippen molar-refractivity contribution in [2.24, 2.45) is 0 Å². The largest absolute Gasteiger partial charge is 0.490 e. The molecule has 0 saturated heterocycles. The summed E-state index contributed by atoms with van der Waals surface area (Å²) in [5.74, 6) is -0.294. The minimum atomic E-state index is -4.33. The molecule has 0 saturated carbocycles. The number of rotatable bonds is 7. The van der Waals surface area contributed by atoms with Gasteiger partial charge in [-0.2, -0.15) is 13.2 Å². The Morgan fingerprint density at radius 3 is 2.53 bits per heavy atom. The quantitative estimate of drug-likeness (QED) is 0.566. The van der Waals surface area contributed by atoms with E-state index < -0.39 is 24.8 Å². The topological polar surface area (TPSA) is 35.5 Å². The van der Waals surface area contributed by atoms with Gasteiger partial charge in [0.1, 0.15) is 12.4 Å². The van der Waals surface area contributed by atoms with Crippen LogP contribution in [-0.4, -0.2) is 32.3 Å². The summed E-state index contributed by atoms with van der Waals surface area (Å²) in [6.45, 7) is 0.575. The van der Waals surface area contributed by atoms with Gasteiger partial charge in [-0.15, -0.1) is 0 Å². The Morgan fingerprint density at radius 2 is 1.89 bits per heavy atom. The van der Waals surface area contributed by atoms with Crippen molar-refractivity contribution in [3.05, 3.63) is 29.8 Å². The van der Waals surface area contributed by atoms with Gasteiger partial charge in [-0.3, -0.25) is 4.79 Å². The van der Waals surface area contributed by atoms with Crippen LogP contribution in [0.2, 0.25) is 0 Å². The van der Waals surface area contributed by atoms with Crippen LogP contribution in [0.15, 0.2) is 24.3 Å². The van der Waals surface area contributed by atoms with E-state index in [4.69, 9.17) is 9.47 Å². The fourth-order valence-corrected chi connectivity index (χ4v) is 1.45. The van der Waals surface area contributed by atoms with Crippen molar-refractivity contribution in [3.63, 3.8) is 0 Å². The van der Waals surface area contributed by atoms with Crippen LogP contribution in [-0.2, 0) is 4.74 Å². The second kappa shape index (κ2) is 7.13. The standard InChI is InChI=1S/C13H15F3O3/c1-18-8-9-19-12-5-3-2-4-10(12)11(17)6-7-13(14,15)16/h2-5H,6-9H2,1H3. The molecule has 0 N–H and O–H groups in total. The Bertz CT molecular complexity index is 416. The molecular formula is C13H15F3O3. The SMILES string of the molecule is COCCOc1ccccc1C(=O)CCC(F)(F)F. The van der Waals surface area contributed by atoms with Gasteiger partial charge in [-0.1, -0.05) is 12.1 Å². The predicted molar refractivity (Wildman–Crippen MR) is 63.4 cm³/mol. The average molecular weight is 276 g/mol. The molecular weight excluding hydrogens is 261 g/mol. The predicted octanol–water partition coefficient (Wildman–Crippen LogP) is 3.24. The van der Waals surface area contributed by atoms with Crippen molar-refractivity contribution in [1.82, 2.24) is 0 Å². The molecule has 1 rings (SSSR count). The summed E-state index contributed by atoms with van der Waals surface area (Å²) in [5.41, 5.74) is 0.169. The molecule has 0 unspecified atom stereocenters. The number of hydrogen-bond donors (Lipinski definition) is 0. The number of Topliss-reactive ketones (excluding diaryl/α,β-unsaturated/α-hetero) is 1. The van der Waals surface area contributed by atoms with Gasteiger partial charge in [0.05, 0.1) is 18.6 Å². The molecule has 0 bridgehead atoms. The number of carbonyl (C=O) groups excluding carboxylic acids is 1. The zero-order valence-electron chi connectivity index (χ0n) is 10.5. The maximum absolute atomic E-state index is 12.1. The molecule has 0 aromatic heterocycles. The molecule has 0 heterocycles. The minimum Gasteiger partial charge on any atom is -0.490 e. The molecule has 0 fully saturated rings. The summed E-state index contributed by atoms with van der Waals surface area (Å²) >= 11 is 0. The van der Waals surface area contributed by atoms with Crippen LogP contribution in [0.5, 0.6) is 5.75 Å². The molecule has 0 aliphatic heterocycles. The van der Waals surface area contributed by atoms with Gasteiger partial charge in [0.2, 0.25) is 0 Å². The molecule has 3 nitrogen and oxygen atoms in total. The number of ketones is 1. The van der Waals surface area contributed by atoms with Gasteiger partial charge in [-0.05, 0) is 12.1 Å². The Labute approximate surface area is 109 Å². The van der Waals surface area contributed by atoms with Crippen molar-refractivity contribution in [1.29, 1.82) is 0 Å². The highest BCUT2D eigenvalue weighted by molar-refractivity contribution is 5.98. The van der Waals surface area contributed by atoms with Gasteiger partial charge >= 0.3 is 6.18 Å². The molecule has 106 valence electrons. The summed E-state index contributed by atoms with van der Waals surface area (Å²) in [6, 6.07) is 6.25. The van der Waals surface area contributed by atoms with E-state index in [1.165, 1.54) is 13.2 Å². The molecule has 19 heavy (non-hydrogen) atoms. The van der Waals surface area contributed by atoms with Crippen molar-refractivity contribution >= 4 is 5.78 Å². The van der Waals surface area contributed by atoms with Gasteiger partial charge in [0.25, 0.3) is 0 Å². The zero-order valence-corrected chi connectivity index (χ0v) is 10.5. The fourth-order valence-electron chi connectivity index (χ4n) is 1.45. The lowest BCUT2D eigenvalue weighted by molar-refractivity contribution is -0.133. The zero-order chi connectivity index (χ0) is 14.3. The van der Waals surface area contributed by atoms with Gasteiger partial charge in [0.15, 0.2) is 5.78 Å². The van der Waals surface area contributed by atoms with Crippen molar-refractivity contribution in [3.8, 4) is 5.75 Å². The van der Waals surface area contributed by atoms with E-state index in [0.717, 1.165) is 0 Å². The number of alkyl halides is 3. The molecule has 6 heteroatoms. The first-order chi connectivity index (χ1) is 8.94. The van der Waals surface area contributed by atoms with Crippen LogP contribution in [0.4, 0.5) is 13.2 Å².